The Labute approximate surface area is 135 Å². The second-order valence-corrected chi connectivity index (χ2v) is 6.29. The van der Waals surface area contributed by atoms with E-state index in [1.165, 1.54) is 0 Å². The molecular formula is C19H21NO3. The molecule has 1 fully saturated rings. The number of fused-ring (bicyclic) bond motifs is 1. The second kappa shape index (κ2) is 6.82. The first kappa shape index (κ1) is 15.5. The summed E-state index contributed by atoms with van der Waals surface area (Å²) in [7, 11) is 0. The lowest BCUT2D eigenvalue weighted by Gasteiger charge is -2.26. The van der Waals surface area contributed by atoms with Gasteiger partial charge in [-0.15, -0.1) is 0 Å². The fourth-order valence-corrected chi connectivity index (χ4v) is 3.37. The molecule has 0 unspecified atom stereocenters. The lowest BCUT2D eigenvalue weighted by atomic mass is 9.82. The Morgan fingerprint density at radius 2 is 1.70 bits per heavy atom. The van der Waals surface area contributed by atoms with Gasteiger partial charge < -0.3 is 10.4 Å². The number of hydrogen-bond acceptors (Lipinski definition) is 2. The van der Waals surface area contributed by atoms with E-state index in [9.17, 15) is 9.59 Å². The van der Waals surface area contributed by atoms with E-state index < -0.39 is 5.97 Å². The molecule has 0 heterocycles. The van der Waals surface area contributed by atoms with Crippen molar-refractivity contribution < 1.29 is 14.7 Å². The van der Waals surface area contributed by atoms with Gasteiger partial charge in [0.25, 0.3) is 5.91 Å². The molecule has 0 aliphatic heterocycles. The molecule has 0 aromatic heterocycles. The normalized spacial score (nSPS) is 21.0. The largest absolute Gasteiger partial charge is 0.481 e. The molecule has 0 atom stereocenters. The first-order chi connectivity index (χ1) is 11.1. The van der Waals surface area contributed by atoms with E-state index in [1.54, 1.807) is 0 Å². The highest BCUT2D eigenvalue weighted by atomic mass is 16.4. The van der Waals surface area contributed by atoms with Crippen LogP contribution in [0.5, 0.6) is 0 Å². The van der Waals surface area contributed by atoms with Crippen molar-refractivity contribution in [3.63, 3.8) is 0 Å². The molecule has 1 aliphatic rings. The van der Waals surface area contributed by atoms with Crippen molar-refractivity contribution in [3.05, 3.63) is 48.0 Å². The number of aliphatic carboxylic acids is 1. The molecule has 4 heteroatoms. The van der Waals surface area contributed by atoms with Gasteiger partial charge in [0.2, 0.25) is 0 Å². The minimum absolute atomic E-state index is 0.0536. The van der Waals surface area contributed by atoms with Crippen LogP contribution in [0.15, 0.2) is 42.5 Å². The molecule has 1 aliphatic carbocycles. The number of carbonyl (C=O) groups excluding carboxylic acids is 1. The van der Waals surface area contributed by atoms with Gasteiger partial charge in [0.05, 0.1) is 5.92 Å². The summed E-state index contributed by atoms with van der Waals surface area (Å²) in [5.41, 5.74) is 0.697. The molecule has 1 saturated carbocycles. The molecule has 0 saturated heterocycles. The predicted octanol–water partition coefficient (Wildman–Crippen LogP) is 3.46. The van der Waals surface area contributed by atoms with Crippen molar-refractivity contribution in [3.8, 4) is 0 Å². The van der Waals surface area contributed by atoms with Crippen molar-refractivity contribution in [1.82, 2.24) is 5.32 Å². The number of carboxylic acids is 1. The fourth-order valence-electron chi connectivity index (χ4n) is 3.37. The molecule has 0 spiro atoms. The van der Waals surface area contributed by atoms with Gasteiger partial charge in [-0.3, -0.25) is 9.59 Å². The number of nitrogens with one attached hydrogen (secondary N) is 1. The smallest absolute Gasteiger partial charge is 0.306 e. The maximum Gasteiger partial charge on any atom is 0.306 e. The van der Waals surface area contributed by atoms with Crippen molar-refractivity contribution in [2.75, 3.05) is 6.54 Å². The molecule has 4 nitrogen and oxygen atoms in total. The van der Waals surface area contributed by atoms with Crippen molar-refractivity contribution in [2.24, 2.45) is 11.8 Å². The van der Waals surface area contributed by atoms with Crippen LogP contribution in [-0.4, -0.2) is 23.5 Å². The van der Waals surface area contributed by atoms with Crippen molar-refractivity contribution >= 4 is 22.6 Å². The molecule has 3 rings (SSSR count). The van der Waals surface area contributed by atoms with Crippen LogP contribution in [0.3, 0.4) is 0 Å². The zero-order valence-corrected chi connectivity index (χ0v) is 13.0. The minimum atomic E-state index is -0.691. The van der Waals surface area contributed by atoms with Crippen LogP contribution in [-0.2, 0) is 4.79 Å². The van der Waals surface area contributed by atoms with E-state index >= 15 is 0 Å². The highest BCUT2D eigenvalue weighted by Gasteiger charge is 2.26. The first-order valence-electron chi connectivity index (χ1n) is 8.14. The Bertz CT molecular complexity index is 712. The van der Waals surface area contributed by atoms with E-state index in [-0.39, 0.29) is 11.8 Å². The second-order valence-electron chi connectivity index (χ2n) is 6.29. The predicted molar refractivity (Wildman–Crippen MR) is 89.4 cm³/mol. The average Bonchev–Trinajstić information content (AvgIpc) is 2.59. The van der Waals surface area contributed by atoms with Crippen LogP contribution in [0.25, 0.3) is 10.8 Å². The molecule has 120 valence electrons. The maximum absolute atomic E-state index is 12.5. The minimum Gasteiger partial charge on any atom is -0.481 e. The molecule has 2 N–H and O–H groups in total. The Balaban J connectivity index is 1.60. The summed E-state index contributed by atoms with van der Waals surface area (Å²) in [5.74, 6) is -0.574. The van der Waals surface area contributed by atoms with Gasteiger partial charge in [0.1, 0.15) is 0 Å². The standard InChI is InChI=1S/C19H21NO3/c21-18(17-7-3-5-14-4-1-2-6-16(14)17)20-12-13-8-10-15(11-9-13)19(22)23/h1-7,13,15H,8-12H2,(H,20,21)(H,22,23). The molecule has 2 aromatic rings. The summed E-state index contributed by atoms with van der Waals surface area (Å²) in [6.45, 7) is 0.619. The Morgan fingerprint density at radius 1 is 1.00 bits per heavy atom. The average molecular weight is 311 g/mol. The van der Waals surface area contributed by atoms with E-state index in [1.807, 2.05) is 42.5 Å². The van der Waals surface area contributed by atoms with E-state index in [0.29, 0.717) is 30.9 Å². The van der Waals surface area contributed by atoms with Gasteiger partial charge in [0, 0.05) is 12.1 Å². The summed E-state index contributed by atoms with van der Waals surface area (Å²) >= 11 is 0. The highest BCUT2D eigenvalue weighted by molar-refractivity contribution is 6.06. The third kappa shape index (κ3) is 3.52. The Morgan fingerprint density at radius 3 is 2.43 bits per heavy atom. The summed E-state index contributed by atoms with van der Waals surface area (Å²) in [5, 5.41) is 14.1. The molecule has 1 amide bonds. The van der Waals surface area contributed by atoms with Gasteiger partial charge in [-0.1, -0.05) is 36.4 Å². The zero-order valence-electron chi connectivity index (χ0n) is 13.0. The van der Waals surface area contributed by atoms with Gasteiger partial charge in [-0.25, -0.2) is 0 Å². The molecule has 2 aromatic carbocycles. The van der Waals surface area contributed by atoms with E-state index in [4.69, 9.17) is 5.11 Å². The fraction of sp³-hybridized carbons (Fsp3) is 0.368. The third-order valence-electron chi connectivity index (χ3n) is 4.78. The van der Waals surface area contributed by atoms with Gasteiger partial charge in [0.15, 0.2) is 0 Å². The monoisotopic (exact) mass is 311 g/mol. The van der Waals surface area contributed by atoms with Gasteiger partial charge in [-0.05, 0) is 48.4 Å². The SMILES string of the molecule is O=C(NCC1CCC(C(=O)O)CC1)c1cccc2ccccc12. The van der Waals surface area contributed by atoms with Crippen LogP contribution in [0.4, 0.5) is 0 Å². The lowest BCUT2D eigenvalue weighted by Crippen LogP contribution is -2.32. The molecule has 0 radical (unpaired) electrons. The number of hydrogen-bond donors (Lipinski definition) is 2. The lowest BCUT2D eigenvalue weighted by molar-refractivity contribution is -0.143. The molecule has 23 heavy (non-hydrogen) atoms. The molecule has 0 bridgehead atoms. The van der Waals surface area contributed by atoms with Gasteiger partial charge >= 0.3 is 5.97 Å². The Hall–Kier alpha value is -2.36. The van der Waals surface area contributed by atoms with Crippen LogP contribution in [0.2, 0.25) is 0 Å². The number of carboxylic acid groups (broad SMARTS) is 1. The topological polar surface area (TPSA) is 66.4 Å². The summed E-state index contributed by atoms with van der Waals surface area (Å²) in [6, 6.07) is 13.6. The van der Waals surface area contributed by atoms with E-state index in [2.05, 4.69) is 5.32 Å². The Kier molecular flexibility index (Phi) is 4.60. The highest BCUT2D eigenvalue weighted by Crippen LogP contribution is 2.28. The zero-order chi connectivity index (χ0) is 16.2. The first-order valence-corrected chi connectivity index (χ1v) is 8.14. The quantitative estimate of drug-likeness (QED) is 0.908. The van der Waals surface area contributed by atoms with E-state index in [0.717, 1.165) is 23.6 Å². The summed E-state index contributed by atoms with van der Waals surface area (Å²) in [4.78, 5) is 23.4. The van der Waals surface area contributed by atoms with Crippen molar-refractivity contribution in [2.45, 2.75) is 25.7 Å². The molecular weight excluding hydrogens is 290 g/mol. The van der Waals surface area contributed by atoms with Crippen LogP contribution < -0.4 is 5.32 Å². The number of rotatable bonds is 4. The summed E-state index contributed by atoms with van der Waals surface area (Å²) < 4.78 is 0. The van der Waals surface area contributed by atoms with Crippen LogP contribution >= 0.6 is 0 Å². The number of carbonyl (C=O) groups is 2. The van der Waals surface area contributed by atoms with Crippen LogP contribution in [0, 0.1) is 11.8 Å². The number of benzene rings is 2. The summed E-state index contributed by atoms with van der Waals surface area (Å²) in [6.07, 6.45) is 3.16. The van der Waals surface area contributed by atoms with Crippen LogP contribution in [0.1, 0.15) is 36.0 Å². The van der Waals surface area contributed by atoms with Crippen molar-refractivity contribution in [1.29, 1.82) is 0 Å². The maximum atomic E-state index is 12.5. The number of amides is 1. The van der Waals surface area contributed by atoms with Gasteiger partial charge in [-0.2, -0.15) is 0 Å². The third-order valence-corrected chi connectivity index (χ3v) is 4.78.